The lowest BCUT2D eigenvalue weighted by molar-refractivity contribution is 0.103. The van der Waals surface area contributed by atoms with Crippen LogP contribution >= 0.6 is 43.5 Å². The molecule has 0 aliphatic carbocycles. The van der Waals surface area contributed by atoms with Gasteiger partial charge >= 0.3 is 0 Å². The topological polar surface area (TPSA) is 17.1 Å². The lowest BCUT2D eigenvalue weighted by Crippen LogP contribution is -2.07. The number of rotatable bonds is 2. The number of carbonyl (C=O) groups is 1. The Labute approximate surface area is 129 Å². The summed E-state index contributed by atoms with van der Waals surface area (Å²) in [6, 6.07) is 6.19. The van der Waals surface area contributed by atoms with Crippen LogP contribution in [-0.4, -0.2) is 5.78 Å². The zero-order valence-electron chi connectivity index (χ0n) is 9.18. The van der Waals surface area contributed by atoms with Crippen molar-refractivity contribution in [2.24, 2.45) is 0 Å². The van der Waals surface area contributed by atoms with Crippen molar-refractivity contribution >= 4 is 49.2 Å². The molecule has 0 unspecified atom stereocenters. The summed E-state index contributed by atoms with van der Waals surface area (Å²) in [6.07, 6.45) is 0. The summed E-state index contributed by atoms with van der Waals surface area (Å²) in [6.45, 7) is 0. The second-order valence-corrected chi connectivity index (χ2v) is 5.88. The second kappa shape index (κ2) is 5.69. The Morgan fingerprint density at radius 3 is 2.26 bits per heavy atom. The van der Waals surface area contributed by atoms with E-state index in [2.05, 4.69) is 31.9 Å². The van der Waals surface area contributed by atoms with Crippen LogP contribution in [0.1, 0.15) is 15.9 Å². The number of benzene rings is 2. The van der Waals surface area contributed by atoms with Crippen LogP contribution in [0.15, 0.2) is 39.3 Å². The maximum atomic E-state index is 13.7. The molecule has 19 heavy (non-hydrogen) atoms. The number of hydrogen-bond acceptors (Lipinski definition) is 1. The maximum Gasteiger partial charge on any atom is 0.198 e. The van der Waals surface area contributed by atoms with Crippen LogP contribution in [0, 0.1) is 11.6 Å². The smallest absolute Gasteiger partial charge is 0.198 e. The number of ketones is 1. The third-order valence-electron chi connectivity index (χ3n) is 2.43. The van der Waals surface area contributed by atoms with Gasteiger partial charge in [-0.1, -0.05) is 27.5 Å². The van der Waals surface area contributed by atoms with E-state index in [1.54, 1.807) is 0 Å². The van der Waals surface area contributed by atoms with Gasteiger partial charge in [0.2, 0.25) is 0 Å². The van der Waals surface area contributed by atoms with E-state index >= 15 is 0 Å². The predicted octanol–water partition coefficient (Wildman–Crippen LogP) is 5.37. The van der Waals surface area contributed by atoms with E-state index in [4.69, 9.17) is 11.6 Å². The third kappa shape index (κ3) is 3.04. The van der Waals surface area contributed by atoms with Crippen molar-refractivity contribution in [2.45, 2.75) is 0 Å². The standard InChI is InChI=1S/C13H5Br2ClF2O/c14-6-1-2-7(11(17)3-6)13(19)8-4-10(16)9(15)5-12(8)18/h1-5H. The quantitative estimate of drug-likeness (QED) is 0.480. The molecule has 0 atom stereocenters. The normalized spacial score (nSPS) is 10.6. The van der Waals surface area contributed by atoms with Crippen molar-refractivity contribution in [3.8, 4) is 0 Å². The molecule has 6 heteroatoms. The highest BCUT2D eigenvalue weighted by Gasteiger charge is 2.19. The van der Waals surface area contributed by atoms with Gasteiger partial charge in [0.1, 0.15) is 11.6 Å². The third-order valence-corrected chi connectivity index (χ3v) is 4.12. The highest BCUT2D eigenvalue weighted by atomic mass is 79.9. The minimum absolute atomic E-state index is 0.183. The van der Waals surface area contributed by atoms with E-state index in [1.165, 1.54) is 18.2 Å². The minimum Gasteiger partial charge on any atom is -0.288 e. The van der Waals surface area contributed by atoms with Crippen molar-refractivity contribution < 1.29 is 13.6 Å². The molecule has 0 spiro atoms. The SMILES string of the molecule is O=C(c1ccc(Br)cc1F)c1cc(Cl)c(Br)cc1F. The van der Waals surface area contributed by atoms with Gasteiger partial charge in [-0.25, -0.2) is 8.78 Å². The van der Waals surface area contributed by atoms with E-state index in [0.29, 0.717) is 8.95 Å². The molecule has 0 N–H and O–H groups in total. The van der Waals surface area contributed by atoms with Gasteiger partial charge in [0.15, 0.2) is 5.78 Å². The van der Waals surface area contributed by atoms with Gasteiger partial charge in [0.05, 0.1) is 16.1 Å². The Bertz CT molecular complexity index is 674. The van der Waals surface area contributed by atoms with Crippen molar-refractivity contribution in [1.82, 2.24) is 0 Å². The first-order valence-corrected chi connectivity index (χ1v) is 7.01. The Hall–Kier alpha value is -0.780. The summed E-state index contributed by atoms with van der Waals surface area (Å²) in [5.41, 5.74) is -0.477. The summed E-state index contributed by atoms with van der Waals surface area (Å²) < 4.78 is 28.2. The van der Waals surface area contributed by atoms with Gasteiger partial charge in [-0.15, -0.1) is 0 Å². The molecule has 2 aromatic rings. The van der Waals surface area contributed by atoms with Crippen LogP contribution < -0.4 is 0 Å². The molecule has 0 amide bonds. The van der Waals surface area contributed by atoms with Crippen LogP contribution in [0.2, 0.25) is 5.02 Å². The van der Waals surface area contributed by atoms with Crippen molar-refractivity contribution in [2.75, 3.05) is 0 Å². The van der Waals surface area contributed by atoms with Crippen LogP contribution in [0.5, 0.6) is 0 Å². The zero-order chi connectivity index (χ0) is 14.2. The van der Waals surface area contributed by atoms with E-state index in [1.807, 2.05) is 0 Å². The molecule has 0 saturated heterocycles. The van der Waals surface area contributed by atoms with Crippen LogP contribution in [0.25, 0.3) is 0 Å². The molecular weight excluding hydrogens is 405 g/mol. The summed E-state index contributed by atoms with van der Waals surface area (Å²) in [5, 5.41) is 0.183. The molecule has 2 aromatic carbocycles. The Kier molecular flexibility index (Phi) is 4.38. The lowest BCUT2D eigenvalue weighted by atomic mass is 10.0. The van der Waals surface area contributed by atoms with Gasteiger partial charge in [-0.05, 0) is 46.3 Å². The molecule has 1 nitrogen and oxygen atoms in total. The number of carbonyl (C=O) groups excluding carboxylic acids is 1. The summed E-state index contributed by atoms with van der Waals surface area (Å²) in [7, 11) is 0. The largest absolute Gasteiger partial charge is 0.288 e. The van der Waals surface area contributed by atoms with Crippen LogP contribution in [0.4, 0.5) is 8.78 Å². The summed E-state index contributed by atoms with van der Waals surface area (Å²) >= 11 is 11.9. The first kappa shape index (κ1) is 14.6. The molecule has 98 valence electrons. The van der Waals surface area contributed by atoms with Gasteiger partial charge < -0.3 is 0 Å². The fraction of sp³-hybridized carbons (Fsp3) is 0. The molecule has 0 aromatic heterocycles. The van der Waals surface area contributed by atoms with Gasteiger partial charge in [0.25, 0.3) is 0 Å². The molecule has 0 heterocycles. The first-order chi connectivity index (χ1) is 8.90. The van der Waals surface area contributed by atoms with Gasteiger partial charge in [-0.2, -0.15) is 0 Å². The first-order valence-electron chi connectivity index (χ1n) is 5.04. The number of hydrogen-bond donors (Lipinski definition) is 0. The second-order valence-electron chi connectivity index (χ2n) is 3.70. The summed E-state index contributed by atoms with van der Waals surface area (Å²) in [4.78, 5) is 12.1. The maximum absolute atomic E-state index is 13.7. The van der Waals surface area contributed by atoms with Crippen molar-refractivity contribution in [3.05, 3.63) is 67.1 Å². The molecule has 0 saturated carbocycles. The molecule has 0 bridgehead atoms. The van der Waals surface area contributed by atoms with Gasteiger partial charge in [0, 0.05) is 8.95 Å². The van der Waals surface area contributed by atoms with E-state index in [0.717, 1.165) is 12.1 Å². The Morgan fingerprint density at radius 2 is 1.63 bits per heavy atom. The van der Waals surface area contributed by atoms with Gasteiger partial charge in [-0.3, -0.25) is 4.79 Å². The minimum atomic E-state index is -0.761. The average molecular weight is 410 g/mol. The highest BCUT2D eigenvalue weighted by Crippen LogP contribution is 2.28. The molecule has 2 rings (SSSR count). The molecule has 0 fully saturated rings. The monoisotopic (exact) mass is 408 g/mol. The summed E-state index contributed by atoms with van der Waals surface area (Å²) in [5.74, 6) is -2.24. The molecule has 0 aliphatic heterocycles. The van der Waals surface area contributed by atoms with E-state index in [9.17, 15) is 13.6 Å². The Balaban J connectivity index is 2.53. The zero-order valence-corrected chi connectivity index (χ0v) is 13.1. The highest BCUT2D eigenvalue weighted by molar-refractivity contribution is 9.10. The molecular formula is C13H5Br2ClF2O. The fourth-order valence-electron chi connectivity index (χ4n) is 1.52. The van der Waals surface area contributed by atoms with Crippen molar-refractivity contribution in [1.29, 1.82) is 0 Å². The lowest BCUT2D eigenvalue weighted by Gasteiger charge is -2.06. The van der Waals surface area contributed by atoms with E-state index in [-0.39, 0.29) is 16.1 Å². The van der Waals surface area contributed by atoms with Crippen LogP contribution in [-0.2, 0) is 0 Å². The Morgan fingerprint density at radius 1 is 1.00 bits per heavy atom. The van der Waals surface area contributed by atoms with E-state index < -0.39 is 17.4 Å². The van der Waals surface area contributed by atoms with Crippen molar-refractivity contribution in [3.63, 3.8) is 0 Å². The fourth-order valence-corrected chi connectivity index (χ4v) is 2.33. The number of halogens is 5. The predicted molar refractivity (Wildman–Crippen MR) is 76.6 cm³/mol. The van der Waals surface area contributed by atoms with Crippen LogP contribution in [0.3, 0.4) is 0 Å². The molecule has 0 aliphatic rings. The molecule has 0 radical (unpaired) electrons. The average Bonchev–Trinajstić information content (AvgIpc) is 2.33.